The molecular weight excluding hydrogens is 322 g/mol. The molecule has 0 spiro atoms. The number of nitrogens with zero attached hydrogens (tertiary/aromatic N) is 1. The average molecular weight is 336 g/mol. The van der Waals surface area contributed by atoms with Gasteiger partial charge in [0.1, 0.15) is 6.10 Å². The van der Waals surface area contributed by atoms with E-state index in [0.717, 1.165) is 19.1 Å². The largest absolute Gasteiger partial charge is 0.473 e. The summed E-state index contributed by atoms with van der Waals surface area (Å²) in [6.07, 6.45) is 4.18. The average Bonchev–Trinajstić information content (AvgIpc) is 2.32. The van der Waals surface area contributed by atoms with Crippen molar-refractivity contribution in [3.63, 3.8) is 0 Å². The summed E-state index contributed by atoms with van der Waals surface area (Å²) >= 11 is 3.28. The van der Waals surface area contributed by atoms with Crippen LogP contribution in [0.4, 0.5) is 0 Å². The molecule has 0 radical (unpaired) electrons. The molecule has 2 heterocycles. The number of halogens is 1. The fourth-order valence-electron chi connectivity index (χ4n) is 1.65. The van der Waals surface area contributed by atoms with E-state index in [1.54, 1.807) is 0 Å². The van der Waals surface area contributed by atoms with E-state index in [4.69, 9.17) is 9.47 Å². The van der Waals surface area contributed by atoms with Gasteiger partial charge in [0, 0.05) is 25.3 Å². The van der Waals surface area contributed by atoms with Crippen LogP contribution in [-0.2, 0) is 14.6 Å². The second-order valence-corrected chi connectivity index (χ2v) is 7.03. The maximum Gasteiger partial charge on any atom is 0.228 e. The zero-order valence-corrected chi connectivity index (χ0v) is 12.3. The minimum Gasteiger partial charge on any atom is -0.473 e. The quantitative estimate of drug-likeness (QED) is 0.842. The maximum atomic E-state index is 11.4. The van der Waals surface area contributed by atoms with Crippen molar-refractivity contribution in [2.45, 2.75) is 23.8 Å². The van der Waals surface area contributed by atoms with E-state index in [9.17, 15) is 8.42 Å². The van der Waals surface area contributed by atoms with Gasteiger partial charge in [-0.2, -0.15) is 0 Å². The number of sulfone groups is 1. The lowest BCUT2D eigenvalue weighted by Crippen LogP contribution is -2.26. The molecule has 0 aliphatic carbocycles. The van der Waals surface area contributed by atoms with Crippen molar-refractivity contribution in [1.29, 1.82) is 0 Å². The summed E-state index contributed by atoms with van der Waals surface area (Å²) in [5.74, 6) is 0.425. The van der Waals surface area contributed by atoms with Crippen LogP contribution in [0.5, 0.6) is 5.88 Å². The van der Waals surface area contributed by atoms with Gasteiger partial charge in [-0.05, 0) is 22.0 Å². The summed E-state index contributed by atoms with van der Waals surface area (Å²) in [6, 6.07) is 1.51. The molecule has 7 heteroatoms. The minimum atomic E-state index is -3.24. The number of rotatable bonds is 3. The predicted octanol–water partition coefficient (Wildman–Crippen LogP) is 1.81. The molecule has 1 aromatic heterocycles. The van der Waals surface area contributed by atoms with Crippen molar-refractivity contribution in [1.82, 2.24) is 4.98 Å². The predicted molar refractivity (Wildman–Crippen MR) is 69.5 cm³/mol. The Bertz CT molecular complexity index is 526. The second-order valence-electron chi connectivity index (χ2n) is 4.16. The molecule has 0 N–H and O–H groups in total. The number of ether oxygens (including phenoxy) is 2. The van der Waals surface area contributed by atoms with E-state index in [0.29, 0.717) is 23.6 Å². The van der Waals surface area contributed by atoms with Crippen LogP contribution < -0.4 is 4.74 Å². The van der Waals surface area contributed by atoms with E-state index in [2.05, 4.69) is 20.9 Å². The van der Waals surface area contributed by atoms with Crippen molar-refractivity contribution in [3.05, 3.63) is 16.7 Å². The van der Waals surface area contributed by atoms with Gasteiger partial charge < -0.3 is 9.47 Å². The number of pyridine rings is 1. The summed E-state index contributed by atoms with van der Waals surface area (Å²) < 4.78 is 34.3. The molecule has 0 amide bonds. The van der Waals surface area contributed by atoms with Gasteiger partial charge >= 0.3 is 0 Å². The number of hydrogen-bond donors (Lipinski definition) is 0. The van der Waals surface area contributed by atoms with Gasteiger partial charge in [-0.1, -0.05) is 0 Å². The number of hydrogen-bond acceptors (Lipinski definition) is 5. The third kappa shape index (κ3) is 3.43. The summed E-state index contributed by atoms with van der Waals surface area (Å²) in [5.41, 5.74) is 0. The van der Waals surface area contributed by atoms with Crippen molar-refractivity contribution in [2.75, 3.05) is 19.5 Å². The summed E-state index contributed by atoms with van der Waals surface area (Å²) in [5, 5.41) is 0. The molecule has 1 aliphatic heterocycles. The molecular formula is C11H14BrNO4S. The van der Waals surface area contributed by atoms with Crippen LogP contribution in [0.3, 0.4) is 0 Å². The third-order valence-corrected chi connectivity index (χ3v) is 4.30. The lowest BCUT2D eigenvalue weighted by Gasteiger charge is -2.23. The highest BCUT2D eigenvalue weighted by Crippen LogP contribution is 2.27. The van der Waals surface area contributed by atoms with Gasteiger partial charge in [0.2, 0.25) is 5.88 Å². The Hall–Kier alpha value is -0.660. The van der Waals surface area contributed by atoms with Crippen LogP contribution in [-0.4, -0.2) is 39.0 Å². The topological polar surface area (TPSA) is 65.5 Å². The van der Waals surface area contributed by atoms with Crippen LogP contribution in [0, 0.1) is 0 Å². The Morgan fingerprint density at radius 3 is 2.67 bits per heavy atom. The Labute approximate surface area is 115 Å². The minimum absolute atomic E-state index is 0.0756. The zero-order valence-electron chi connectivity index (χ0n) is 9.93. The van der Waals surface area contributed by atoms with E-state index in [1.807, 2.05) is 0 Å². The first kappa shape index (κ1) is 13.8. The van der Waals surface area contributed by atoms with Gasteiger partial charge in [-0.25, -0.2) is 13.4 Å². The molecule has 5 nitrogen and oxygen atoms in total. The maximum absolute atomic E-state index is 11.4. The molecule has 1 fully saturated rings. The fourth-order valence-corrected chi connectivity index (χ4v) is 2.82. The molecule has 0 aromatic carbocycles. The first-order valence-corrected chi connectivity index (χ1v) is 8.25. The Morgan fingerprint density at radius 1 is 1.44 bits per heavy atom. The molecule has 0 atom stereocenters. The van der Waals surface area contributed by atoms with E-state index in [1.165, 1.54) is 12.3 Å². The van der Waals surface area contributed by atoms with Crippen LogP contribution in [0.15, 0.2) is 21.6 Å². The molecule has 0 bridgehead atoms. The first-order valence-electron chi connectivity index (χ1n) is 5.57. The van der Waals surface area contributed by atoms with E-state index in [-0.39, 0.29) is 11.0 Å². The Balaban J connectivity index is 2.14. The Morgan fingerprint density at radius 2 is 2.11 bits per heavy atom. The van der Waals surface area contributed by atoms with Crippen molar-refractivity contribution in [3.8, 4) is 5.88 Å². The zero-order chi connectivity index (χ0) is 13.2. The van der Waals surface area contributed by atoms with Crippen LogP contribution in [0.25, 0.3) is 0 Å². The first-order chi connectivity index (χ1) is 8.47. The fraction of sp³-hybridized carbons (Fsp3) is 0.545. The van der Waals surface area contributed by atoms with Crippen molar-refractivity contribution < 1.29 is 17.9 Å². The molecule has 1 aliphatic rings. The molecule has 2 rings (SSSR count). The summed E-state index contributed by atoms with van der Waals surface area (Å²) in [4.78, 5) is 4.22. The molecule has 1 aromatic rings. The molecule has 100 valence electrons. The van der Waals surface area contributed by atoms with E-state index < -0.39 is 9.84 Å². The molecule has 18 heavy (non-hydrogen) atoms. The van der Waals surface area contributed by atoms with Crippen LogP contribution in [0.1, 0.15) is 12.8 Å². The highest BCUT2D eigenvalue weighted by Gasteiger charge is 2.18. The van der Waals surface area contributed by atoms with Gasteiger partial charge in [-0.3, -0.25) is 0 Å². The third-order valence-electron chi connectivity index (χ3n) is 2.66. The van der Waals surface area contributed by atoms with E-state index >= 15 is 0 Å². The summed E-state index contributed by atoms with van der Waals surface area (Å²) in [7, 11) is -3.24. The lowest BCUT2D eigenvalue weighted by molar-refractivity contribution is 0.0233. The molecule has 1 saturated heterocycles. The van der Waals surface area contributed by atoms with Gasteiger partial charge in [0.05, 0.1) is 22.6 Å². The SMILES string of the molecule is CS(=O)(=O)c1cnc(OC2CCOCC2)c(Br)c1. The Kier molecular flexibility index (Phi) is 4.24. The highest BCUT2D eigenvalue weighted by molar-refractivity contribution is 9.10. The molecule has 0 saturated carbocycles. The van der Waals surface area contributed by atoms with Crippen molar-refractivity contribution in [2.24, 2.45) is 0 Å². The smallest absolute Gasteiger partial charge is 0.228 e. The van der Waals surface area contributed by atoms with Gasteiger partial charge in [-0.15, -0.1) is 0 Å². The van der Waals surface area contributed by atoms with Crippen molar-refractivity contribution >= 4 is 25.8 Å². The highest BCUT2D eigenvalue weighted by atomic mass is 79.9. The summed E-state index contributed by atoms with van der Waals surface area (Å²) in [6.45, 7) is 1.37. The standard InChI is InChI=1S/C11H14BrNO4S/c1-18(14,15)9-6-10(12)11(13-7-9)17-8-2-4-16-5-3-8/h6-8H,2-5H2,1H3. The van der Waals surface area contributed by atoms with Crippen LogP contribution in [0.2, 0.25) is 0 Å². The van der Waals surface area contributed by atoms with Gasteiger partial charge in [0.15, 0.2) is 9.84 Å². The normalized spacial score (nSPS) is 17.7. The monoisotopic (exact) mass is 335 g/mol. The van der Waals surface area contributed by atoms with Crippen LogP contribution >= 0.6 is 15.9 Å². The van der Waals surface area contributed by atoms with Gasteiger partial charge in [0.25, 0.3) is 0 Å². The molecule has 0 unspecified atom stereocenters. The number of aromatic nitrogens is 1. The lowest BCUT2D eigenvalue weighted by atomic mass is 10.2. The second kappa shape index (κ2) is 5.54.